The number of anilines is 2. The number of aliphatic hydroxyl groups is 1. The van der Waals surface area contributed by atoms with Crippen LogP contribution in [0.4, 0.5) is 21.2 Å². The fourth-order valence-electron chi connectivity index (χ4n) is 5.15. The molecule has 1 saturated heterocycles. The fourth-order valence-corrected chi connectivity index (χ4v) is 5.15. The summed E-state index contributed by atoms with van der Waals surface area (Å²) in [6.45, 7) is 10.4. The number of rotatable bonds is 7. The summed E-state index contributed by atoms with van der Waals surface area (Å²) < 4.78 is 9.44. The van der Waals surface area contributed by atoms with E-state index in [1.54, 1.807) is 16.8 Å². The number of piperidine rings is 1. The topological polar surface area (TPSA) is 150 Å². The summed E-state index contributed by atoms with van der Waals surface area (Å²) in [7, 11) is 0. The second-order valence-corrected chi connectivity index (χ2v) is 11.7. The van der Waals surface area contributed by atoms with Crippen molar-refractivity contribution in [3.8, 4) is 0 Å². The molecule has 13 nitrogen and oxygen atoms in total. The summed E-state index contributed by atoms with van der Waals surface area (Å²) in [5.41, 5.74) is 3.23. The molecular weight excluding hydrogens is 540 g/mol. The standard InChI is InChI=1S/C29H38N8O5/c1-6-19-14-31-37-25(12-23(33-26(19)37)30-13-20-10-11-34(27(39)40)17-22(20)38)36(28(41)42-29(3,4)5)16-21-15-35-18(2)8-7-9-24(35)32-21/h7-9,12,14-15,20,22,38H,6,10-11,13,16-17H2,1-5H3,(H,30,33)(H,39,40)/t20-,22+/m1/s1. The zero-order valence-electron chi connectivity index (χ0n) is 24.6. The van der Waals surface area contributed by atoms with E-state index in [4.69, 9.17) is 14.7 Å². The molecule has 0 aliphatic carbocycles. The van der Waals surface area contributed by atoms with E-state index in [0.717, 1.165) is 16.9 Å². The Balaban J connectivity index is 1.51. The van der Waals surface area contributed by atoms with Crippen LogP contribution in [0.2, 0.25) is 0 Å². The van der Waals surface area contributed by atoms with Crippen molar-refractivity contribution < 1.29 is 24.5 Å². The van der Waals surface area contributed by atoms with E-state index >= 15 is 0 Å². The van der Waals surface area contributed by atoms with Crippen LogP contribution in [-0.2, 0) is 17.7 Å². The Hall–Kier alpha value is -4.39. The van der Waals surface area contributed by atoms with Gasteiger partial charge in [-0.25, -0.2) is 19.6 Å². The molecule has 13 heteroatoms. The molecule has 2 amide bonds. The third kappa shape index (κ3) is 6.10. The van der Waals surface area contributed by atoms with E-state index < -0.39 is 23.9 Å². The minimum atomic E-state index is -1.03. The van der Waals surface area contributed by atoms with Crippen LogP contribution in [0.15, 0.2) is 36.7 Å². The first kappa shape index (κ1) is 29.1. The molecule has 1 aliphatic rings. The highest BCUT2D eigenvalue weighted by molar-refractivity contribution is 5.88. The van der Waals surface area contributed by atoms with Gasteiger partial charge in [0, 0.05) is 42.5 Å². The summed E-state index contributed by atoms with van der Waals surface area (Å²) in [6.07, 6.45) is 2.45. The van der Waals surface area contributed by atoms with Crippen LogP contribution < -0.4 is 10.2 Å². The lowest BCUT2D eigenvalue weighted by Gasteiger charge is -2.34. The second-order valence-electron chi connectivity index (χ2n) is 11.7. The first-order valence-electron chi connectivity index (χ1n) is 14.1. The van der Waals surface area contributed by atoms with Gasteiger partial charge in [-0.05, 0) is 52.7 Å². The number of pyridine rings is 1. The summed E-state index contributed by atoms with van der Waals surface area (Å²) >= 11 is 0. The Kier molecular flexibility index (Phi) is 7.95. The van der Waals surface area contributed by atoms with Gasteiger partial charge in [0.15, 0.2) is 5.65 Å². The smallest absolute Gasteiger partial charge is 0.416 e. The van der Waals surface area contributed by atoms with Crippen LogP contribution in [-0.4, -0.2) is 82.6 Å². The number of aromatic nitrogens is 5. The van der Waals surface area contributed by atoms with Crippen LogP contribution in [0.1, 0.15) is 51.1 Å². The second kappa shape index (κ2) is 11.5. The van der Waals surface area contributed by atoms with Crippen molar-refractivity contribution in [2.75, 3.05) is 29.9 Å². The van der Waals surface area contributed by atoms with Gasteiger partial charge in [0.05, 0.1) is 31.1 Å². The number of carbonyl (C=O) groups excluding carboxylic acids is 1. The van der Waals surface area contributed by atoms with Gasteiger partial charge >= 0.3 is 12.2 Å². The lowest BCUT2D eigenvalue weighted by Crippen LogP contribution is -2.47. The number of aliphatic hydroxyl groups excluding tert-OH is 1. The minimum Gasteiger partial charge on any atom is -0.465 e. The number of nitrogens with zero attached hydrogens (tertiary/aromatic N) is 7. The zero-order chi connectivity index (χ0) is 30.2. The Morgan fingerprint density at radius 3 is 2.69 bits per heavy atom. The Morgan fingerprint density at radius 1 is 1.24 bits per heavy atom. The molecule has 224 valence electrons. The predicted molar refractivity (Wildman–Crippen MR) is 157 cm³/mol. The first-order valence-corrected chi connectivity index (χ1v) is 14.1. The summed E-state index contributed by atoms with van der Waals surface area (Å²) in [5, 5.41) is 27.8. The largest absolute Gasteiger partial charge is 0.465 e. The minimum absolute atomic E-state index is 0.0624. The van der Waals surface area contributed by atoms with E-state index in [0.29, 0.717) is 48.9 Å². The number of likely N-dealkylation sites (tertiary alicyclic amines) is 1. The van der Waals surface area contributed by atoms with Crippen molar-refractivity contribution in [1.29, 1.82) is 0 Å². The number of hydrogen-bond donors (Lipinski definition) is 3. The number of aryl methyl sites for hydroxylation is 2. The third-order valence-electron chi connectivity index (χ3n) is 7.40. The van der Waals surface area contributed by atoms with Crippen LogP contribution in [0.3, 0.4) is 0 Å². The molecule has 1 aliphatic heterocycles. The lowest BCUT2D eigenvalue weighted by atomic mass is 9.94. The van der Waals surface area contributed by atoms with Crippen LogP contribution in [0.25, 0.3) is 11.3 Å². The van der Waals surface area contributed by atoms with Gasteiger partial charge < -0.3 is 29.6 Å². The Labute approximate surface area is 243 Å². The monoisotopic (exact) mass is 578 g/mol. The molecule has 5 rings (SSSR count). The number of fused-ring (bicyclic) bond motifs is 2. The van der Waals surface area contributed by atoms with Gasteiger partial charge in [-0.15, -0.1) is 0 Å². The highest BCUT2D eigenvalue weighted by atomic mass is 16.6. The van der Waals surface area contributed by atoms with Crippen molar-refractivity contribution in [2.45, 2.75) is 65.7 Å². The number of hydrogen-bond acceptors (Lipinski definition) is 8. The van der Waals surface area contributed by atoms with Crippen molar-refractivity contribution in [2.24, 2.45) is 5.92 Å². The van der Waals surface area contributed by atoms with E-state index in [1.165, 1.54) is 9.80 Å². The summed E-state index contributed by atoms with van der Waals surface area (Å²) in [6, 6.07) is 7.59. The van der Waals surface area contributed by atoms with Crippen molar-refractivity contribution in [3.05, 3.63) is 53.6 Å². The van der Waals surface area contributed by atoms with E-state index in [1.807, 2.05) is 63.4 Å². The number of amides is 2. The molecule has 3 N–H and O–H groups in total. The third-order valence-corrected chi connectivity index (χ3v) is 7.40. The van der Waals surface area contributed by atoms with Gasteiger partial charge in [-0.3, -0.25) is 4.90 Å². The lowest BCUT2D eigenvalue weighted by molar-refractivity contribution is 0.0294. The molecule has 0 spiro atoms. The number of carboxylic acid groups (broad SMARTS) is 1. The van der Waals surface area contributed by atoms with Gasteiger partial charge in [-0.2, -0.15) is 9.61 Å². The van der Waals surface area contributed by atoms with Gasteiger partial charge in [0.2, 0.25) is 0 Å². The van der Waals surface area contributed by atoms with Gasteiger partial charge in [0.25, 0.3) is 0 Å². The molecule has 5 heterocycles. The number of β-amino-alcohol motifs (C(OH)–C–C–N with tert-alkyl or cyclic N) is 1. The normalized spacial score (nSPS) is 17.5. The van der Waals surface area contributed by atoms with Gasteiger partial charge in [-0.1, -0.05) is 13.0 Å². The molecule has 4 aromatic heterocycles. The van der Waals surface area contributed by atoms with E-state index in [-0.39, 0.29) is 19.0 Å². The predicted octanol–water partition coefficient (Wildman–Crippen LogP) is 3.96. The number of imidazole rings is 1. The molecular formula is C29H38N8O5. The van der Waals surface area contributed by atoms with E-state index in [9.17, 15) is 19.8 Å². The molecule has 4 aromatic rings. The maximum Gasteiger partial charge on any atom is 0.416 e. The van der Waals surface area contributed by atoms with Crippen molar-refractivity contribution >= 4 is 35.1 Å². The molecule has 0 unspecified atom stereocenters. The van der Waals surface area contributed by atoms with Crippen LogP contribution in [0, 0.1) is 12.8 Å². The molecule has 1 fully saturated rings. The number of ether oxygens (including phenoxy) is 1. The highest BCUT2D eigenvalue weighted by Crippen LogP contribution is 2.27. The quantitative estimate of drug-likeness (QED) is 0.296. The molecule has 0 aromatic carbocycles. The maximum atomic E-state index is 13.7. The number of carbonyl (C=O) groups is 2. The first-order chi connectivity index (χ1) is 19.9. The number of nitrogens with one attached hydrogen (secondary N) is 1. The fraction of sp³-hybridized carbons (Fsp3) is 0.483. The average Bonchev–Trinajstić information content (AvgIpc) is 3.54. The highest BCUT2D eigenvalue weighted by Gasteiger charge is 2.31. The molecule has 0 saturated carbocycles. The van der Waals surface area contributed by atoms with Crippen LogP contribution in [0.5, 0.6) is 0 Å². The molecule has 42 heavy (non-hydrogen) atoms. The maximum absolute atomic E-state index is 13.7. The Morgan fingerprint density at radius 2 is 2.02 bits per heavy atom. The molecule has 0 radical (unpaired) electrons. The Bertz CT molecular complexity index is 1610. The zero-order valence-corrected chi connectivity index (χ0v) is 24.6. The van der Waals surface area contributed by atoms with Crippen molar-refractivity contribution in [3.63, 3.8) is 0 Å². The van der Waals surface area contributed by atoms with Gasteiger partial charge in [0.1, 0.15) is 22.9 Å². The summed E-state index contributed by atoms with van der Waals surface area (Å²) in [5.74, 6) is 0.784. The van der Waals surface area contributed by atoms with Crippen LogP contribution >= 0.6 is 0 Å². The van der Waals surface area contributed by atoms with E-state index in [2.05, 4.69) is 10.4 Å². The summed E-state index contributed by atoms with van der Waals surface area (Å²) in [4.78, 5) is 37.3. The van der Waals surface area contributed by atoms with Crippen molar-refractivity contribution in [1.82, 2.24) is 28.9 Å². The average molecular weight is 579 g/mol. The molecule has 2 atom stereocenters. The SMILES string of the molecule is CCc1cnn2c(N(Cc3cn4c(C)cccc4n3)C(=O)OC(C)(C)C)cc(NC[C@H]3CCN(C(=O)O)C[C@@H]3O)nc12. The molecule has 0 bridgehead atoms.